The number of nitrogens with one attached hydrogen (secondary N) is 1. The fourth-order valence-corrected chi connectivity index (χ4v) is 2.97. The summed E-state index contributed by atoms with van der Waals surface area (Å²) in [6.45, 7) is 3.97. The Balaban J connectivity index is 2.22. The van der Waals surface area contributed by atoms with E-state index in [9.17, 15) is 9.18 Å². The van der Waals surface area contributed by atoms with Gasteiger partial charge in [-0.15, -0.1) is 11.3 Å². The molecule has 0 bridgehead atoms. The average Bonchev–Trinajstić information content (AvgIpc) is 2.72. The molecule has 0 saturated carbocycles. The van der Waals surface area contributed by atoms with Gasteiger partial charge in [0.25, 0.3) is 5.91 Å². The maximum Gasteiger partial charge on any atom is 0.258 e. The fourth-order valence-electron chi connectivity index (χ4n) is 1.65. The highest BCUT2D eigenvalue weighted by Crippen LogP contribution is 2.24. The SMILES string of the molecule is CCc1nc(NC(=O)c2cc(F)ccc2Br)sc1C. The zero-order valence-corrected chi connectivity index (χ0v) is 12.9. The first-order chi connectivity index (χ1) is 9.01. The van der Waals surface area contributed by atoms with Gasteiger partial charge in [0.05, 0.1) is 11.3 Å². The normalized spacial score (nSPS) is 10.5. The number of thiazole rings is 1. The molecule has 2 rings (SSSR count). The van der Waals surface area contributed by atoms with E-state index in [0.717, 1.165) is 17.0 Å². The van der Waals surface area contributed by atoms with Crippen LogP contribution in [0.1, 0.15) is 27.9 Å². The summed E-state index contributed by atoms with van der Waals surface area (Å²) >= 11 is 4.65. The summed E-state index contributed by atoms with van der Waals surface area (Å²) in [6, 6.07) is 4.00. The third kappa shape index (κ3) is 3.19. The van der Waals surface area contributed by atoms with Gasteiger partial charge in [0, 0.05) is 9.35 Å². The van der Waals surface area contributed by atoms with Crippen molar-refractivity contribution in [3.8, 4) is 0 Å². The third-order valence-electron chi connectivity index (χ3n) is 2.62. The van der Waals surface area contributed by atoms with E-state index in [2.05, 4.69) is 26.2 Å². The van der Waals surface area contributed by atoms with Gasteiger partial charge in [-0.05, 0) is 47.5 Å². The van der Waals surface area contributed by atoms with Gasteiger partial charge >= 0.3 is 0 Å². The second-order valence-corrected chi connectivity index (χ2v) is 6.01. The second-order valence-electron chi connectivity index (χ2n) is 3.95. The predicted octanol–water partition coefficient (Wildman–Crippen LogP) is 4.17. The van der Waals surface area contributed by atoms with E-state index < -0.39 is 5.82 Å². The zero-order valence-electron chi connectivity index (χ0n) is 10.5. The molecule has 1 amide bonds. The van der Waals surface area contributed by atoms with E-state index in [4.69, 9.17) is 0 Å². The van der Waals surface area contributed by atoms with E-state index in [0.29, 0.717) is 9.60 Å². The molecule has 0 atom stereocenters. The standard InChI is InChI=1S/C13H12BrFN2OS/c1-3-11-7(2)19-13(16-11)17-12(18)9-6-8(15)4-5-10(9)14/h4-6H,3H2,1-2H3,(H,16,17,18). The number of nitrogens with zero attached hydrogens (tertiary/aromatic N) is 1. The molecule has 1 heterocycles. The Morgan fingerprint density at radius 1 is 1.53 bits per heavy atom. The largest absolute Gasteiger partial charge is 0.298 e. The van der Waals surface area contributed by atoms with Crippen molar-refractivity contribution in [1.29, 1.82) is 0 Å². The first kappa shape index (κ1) is 14.1. The maximum atomic E-state index is 13.2. The molecule has 0 aliphatic carbocycles. The van der Waals surface area contributed by atoms with Crippen molar-refractivity contribution in [3.63, 3.8) is 0 Å². The van der Waals surface area contributed by atoms with E-state index in [-0.39, 0.29) is 11.5 Å². The summed E-state index contributed by atoms with van der Waals surface area (Å²) < 4.78 is 13.7. The van der Waals surface area contributed by atoms with Gasteiger partial charge in [-0.2, -0.15) is 0 Å². The van der Waals surface area contributed by atoms with Crippen molar-refractivity contribution in [3.05, 3.63) is 44.6 Å². The number of halogens is 2. The summed E-state index contributed by atoms with van der Waals surface area (Å²) in [5, 5.41) is 3.23. The molecular formula is C13H12BrFN2OS. The number of amides is 1. The van der Waals surface area contributed by atoms with Crippen LogP contribution in [0.15, 0.2) is 22.7 Å². The monoisotopic (exact) mass is 342 g/mol. The fraction of sp³-hybridized carbons (Fsp3) is 0.231. The summed E-state index contributed by atoms with van der Waals surface area (Å²) in [6.07, 6.45) is 0.821. The summed E-state index contributed by atoms with van der Waals surface area (Å²) in [5.41, 5.74) is 1.23. The minimum atomic E-state index is -0.446. The van der Waals surface area contributed by atoms with E-state index in [1.807, 2.05) is 13.8 Å². The zero-order chi connectivity index (χ0) is 14.0. The minimum Gasteiger partial charge on any atom is -0.298 e. The smallest absolute Gasteiger partial charge is 0.258 e. The predicted molar refractivity (Wildman–Crippen MR) is 78.3 cm³/mol. The molecule has 19 heavy (non-hydrogen) atoms. The van der Waals surface area contributed by atoms with Crippen molar-refractivity contribution in [2.45, 2.75) is 20.3 Å². The topological polar surface area (TPSA) is 42.0 Å². The van der Waals surface area contributed by atoms with Gasteiger partial charge < -0.3 is 0 Å². The van der Waals surface area contributed by atoms with Crippen LogP contribution in [0.25, 0.3) is 0 Å². The van der Waals surface area contributed by atoms with E-state index >= 15 is 0 Å². The molecule has 0 aliphatic rings. The minimum absolute atomic E-state index is 0.255. The number of anilines is 1. The van der Waals surface area contributed by atoms with Crippen LogP contribution in [0.3, 0.4) is 0 Å². The highest BCUT2D eigenvalue weighted by molar-refractivity contribution is 9.10. The molecule has 6 heteroatoms. The lowest BCUT2D eigenvalue weighted by Crippen LogP contribution is -2.12. The van der Waals surface area contributed by atoms with Crippen LogP contribution in [0, 0.1) is 12.7 Å². The number of hydrogen-bond donors (Lipinski definition) is 1. The van der Waals surface area contributed by atoms with Crippen molar-refractivity contribution in [2.75, 3.05) is 5.32 Å². The Hall–Kier alpha value is -1.27. The lowest BCUT2D eigenvalue weighted by atomic mass is 10.2. The lowest BCUT2D eigenvalue weighted by molar-refractivity contribution is 0.102. The molecule has 1 aromatic heterocycles. The number of carbonyl (C=O) groups excluding carboxylic acids is 1. The molecule has 1 aromatic carbocycles. The Labute approximate surface area is 123 Å². The van der Waals surface area contributed by atoms with Gasteiger partial charge in [0.1, 0.15) is 5.82 Å². The third-order valence-corrected chi connectivity index (χ3v) is 4.24. The summed E-state index contributed by atoms with van der Waals surface area (Å²) in [7, 11) is 0. The quantitative estimate of drug-likeness (QED) is 0.909. The molecule has 0 spiro atoms. The molecule has 0 aliphatic heterocycles. The number of carbonyl (C=O) groups is 1. The first-order valence-electron chi connectivity index (χ1n) is 5.74. The molecule has 3 nitrogen and oxygen atoms in total. The molecule has 0 fully saturated rings. The van der Waals surface area contributed by atoms with Crippen LogP contribution in [0.5, 0.6) is 0 Å². The summed E-state index contributed by atoms with van der Waals surface area (Å²) in [4.78, 5) is 17.5. The van der Waals surface area contributed by atoms with Crippen LogP contribution in [0.2, 0.25) is 0 Å². The highest BCUT2D eigenvalue weighted by atomic mass is 79.9. The Morgan fingerprint density at radius 3 is 2.89 bits per heavy atom. The molecule has 0 unspecified atom stereocenters. The van der Waals surface area contributed by atoms with Crippen LogP contribution >= 0.6 is 27.3 Å². The van der Waals surface area contributed by atoms with Crippen molar-refractivity contribution >= 4 is 38.3 Å². The van der Waals surface area contributed by atoms with Gasteiger partial charge in [-0.1, -0.05) is 6.92 Å². The number of aromatic nitrogens is 1. The van der Waals surface area contributed by atoms with Crippen LogP contribution < -0.4 is 5.32 Å². The molecular weight excluding hydrogens is 331 g/mol. The first-order valence-corrected chi connectivity index (χ1v) is 7.35. The Morgan fingerprint density at radius 2 is 2.26 bits per heavy atom. The second kappa shape index (κ2) is 5.79. The maximum absolute atomic E-state index is 13.2. The molecule has 0 saturated heterocycles. The number of hydrogen-bond acceptors (Lipinski definition) is 3. The van der Waals surface area contributed by atoms with Crippen molar-refractivity contribution in [2.24, 2.45) is 0 Å². The highest BCUT2D eigenvalue weighted by Gasteiger charge is 2.14. The van der Waals surface area contributed by atoms with Gasteiger partial charge in [-0.3, -0.25) is 10.1 Å². The van der Waals surface area contributed by atoms with Crippen LogP contribution in [-0.4, -0.2) is 10.9 Å². The van der Waals surface area contributed by atoms with Crippen LogP contribution in [0.4, 0.5) is 9.52 Å². The van der Waals surface area contributed by atoms with Gasteiger partial charge in [-0.25, -0.2) is 9.37 Å². The average molecular weight is 343 g/mol. The van der Waals surface area contributed by atoms with E-state index in [1.54, 1.807) is 0 Å². The number of rotatable bonds is 3. The molecule has 100 valence electrons. The Kier molecular flexibility index (Phi) is 4.31. The number of benzene rings is 1. The molecule has 1 N–H and O–H groups in total. The van der Waals surface area contributed by atoms with Gasteiger partial charge in [0.2, 0.25) is 0 Å². The van der Waals surface area contributed by atoms with Gasteiger partial charge in [0.15, 0.2) is 5.13 Å². The van der Waals surface area contributed by atoms with Crippen LogP contribution in [-0.2, 0) is 6.42 Å². The van der Waals surface area contributed by atoms with E-state index in [1.165, 1.54) is 29.5 Å². The van der Waals surface area contributed by atoms with Crippen molar-refractivity contribution < 1.29 is 9.18 Å². The molecule has 0 radical (unpaired) electrons. The molecule has 2 aromatic rings. The Bertz CT molecular complexity index is 627. The summed E-state index contributed by atoms with van der Waals surface area (Å²) in [5.74, 6) is -0.819. The lowest BCUT2D eigenvalue weighted by Gasteiger charge is -2.04. The van der Waals surface area contributed by atoms with Crippen molar-refractivity contribution in [1.82, 2.24) is 4.98 Å². The number of aryl methyl sites for hydroxylation is 2.